The second-order valence-corrected chi connectivity index (χ2v) is 6.22. The Bertz CT molecular complexity index is 1070. The Morgan fingerprint density at radius 1 is 0.933 bits per heavy atom. The van der Waals surface area contributed by atoms with E-state index in [1.54, 1.807) is 12.1 Å². The largest absolute Gasteiger partial charge is 0.507 e. The van der Waals surface area contributed by atoms with Gasteiger partial charge in [-0.1, -0.05) is 36.4 Å². The molecule has 0 bridgehead atoms. The second-order valence-electron chi connectivity index (χ2n) is 6.22. The van der Waals surface area contributed by atoms with E-state index < -0.39 is 11.8 Å². The molecule has 0 saturated carbocycles. The third-order valence-electron chi connectivity index (χ3n) is 4.11. The van der Waals surface area contributed by atoms with Gasteiger partial charge in [0.15, 0.2) is 0 Å². The fourth-order valence-electron chi connectivity index (χ4n) is 2.55. The third-order valence-corrected chi connectivity index (χ3v) is 4.11. The molecule has 0 heterocycles. The highest BCUT2D eigenvalue weighted by molar-refractivity contribution is 5.99. The molecule has 0 aromatic heterocycles. The first-order valence-corrected chi connectivity index (χ1v) is 8.94. The molecule has 0 aliphatic heterocycles. The van der Waals surface area contributed by atoms with Gasteiger partial charge in [0.25, 0.3) is 11.8 Å². The number of phenols is 1. The first-order chi connectivity index (χ1) is 14.6. The van der Waals surface area contributed by atoms with Gasteiger partial charge in [0.1, 0.15) is 18.1 Å². The van der Waals surface area contributed by atoms with Gasteiger partial charge >= 0.3 is 0 Å². The fourth-order valence-corrected chi connectivity index (χ4v) is 2.55. The molecule has 4 N–H and O–H groups in total. The molecule has 0 radical (unpaired) electrons. The highest BCUT2D eigenvalue weighted by Gasteiger charge is 2.09. The molecule has 3 aromatic rings. The number of nitrogens with one attached hydrogen (secondary N) is 2. The van der Waals surface area contributed by atoms with E-state index in [-0.39, 0.29) is 16.9 Å². The van der Waals surface area contributed by atoms with E-state index in [0.29, 0.717) is 17.9 Å². The molecule has 0 fully saturated rings. The maximum atomic E-state index is 12.2. The predicted molar refractivity (Wildman–Crippen MR) is 110 cm³/mol. The third kappa shape index (κ3) is 5.43. The van der Waals surface area contributed by atoms with Gasteiger partial charge in [-0.2, -0.15) is 5.10 Å². The summed E-state index contributed by atoms with van der Waals surface area (Å²) in [5, 5.41) is 22.6. The van der Waals surface area contributed by atoms with Crippen LogP contribution in [0.2, 0.25) is 0 Å². The number of hydroxylamine groups is 1. The summed E-state index contributed by atoms with van der Waals surface area (Å²) in [5.74, 6) is -0.842. The molecule has 0 saturated heterocycles. The van der Waals surface area contributed by atoms with Crippen LogP contribution in [0.5, 0.6) is 11.5 Å². The van der Waals surface area contributed by atoms with Crippen molar-refractivity contribution in [3.05, 3.63) is 95.1 Å². The van der Waals surface area contributed by atoms with Crippen molar-refractivity contribution < 1.29 is 24.6 Å². The van der Waals surface area contributed by atoms with Crippen LogP contribution in [0.4, 0.5) is 0 Å². The molecule has 0 aliphatic rings. The minimum absolute atomic E-state index is 0.0554. The maximum absolute atomic E-state index is 12.2. The summed E-state index contributed by atoms with van der Waals surface area (Å²) < 4.78 is 5.64. The average Bonchev–Trinajstić information content (AvgIpc) is 2.79. The molecule has 8 heteroatoms. The Kier molecular flexibility index (Phi) is 6.75. The van der Waals surface area contributed by atoms with Gasteiger partial charge in [-0.3, -0.25) is 14.8 Å². The Morgan fingerprint density at radius 3 is 2.37 bits per heavy atom. The first-order valence-electron chi connectivity index (χ1n) is 8.94. The van der Waals surface area contributed by atoms with Gasteiger partial charge < -0.3 is 9.84 Å². The topological polar surface area (TPSA) is 120 Å². The minimum atomic E-state index is -0.729. The lowest BCUT2D eigenvalue weighted by atomic mass is 10.1. The zero-order valence-electron chi connectivity index (χ0n) is 15.8. The summed E-state index contributed by atoms with van der Waals surface area (Å²) in [6.45, 7) is 0.372. The number of hydrogen-bond donors (Lipinski definition) is 4. The number of amides is 2. The molecule has 0 aliphatic carbocycles. The first kappa shape index (κ1) is 20.6. The average molecular weight is 405 g/mol. The zero-order valence-corrected chi connectivity index (χ0v) is 15.8. The summed E-state index contributed by atoms with van der Waals surface area (Å²) in [4.78, 5) is 23.6. The SMILES string of the molecule is O=C(NO)c1cccc(C(=O)N/N=C/c2ccc(OCc3ccccc3)cc2O)c1. The van der Waals surface area contributed by atoms with Gasteiger partial charge in [-0.05, 0) is 35.9 Å². The van der Waals surface area contributed by atoms with Crippen molar-refractivity contribution in [3.63, 3.8) is 0 Å². The number of nitrogens with zero attached hydrogens (tertiary/aromatic N) is 1. The number of hydrogen-bond acceptors (Lipinski definition) is 6. The predicted octanol–water partition coefficient (Wildman–Crippen LogP) is 2.85. The van der Waals surface area contributed by atoms with Crippen LogP contribution in [0, 0.1) is 0 Å². The standard InChI is InChI=1S/C22H19N3O5/c26-20-12-19(30-14-15-5-2-1-3-6-15)10-9-18(20)13-23-24-21(27)16-7-4-8-17(11-16)22(28)25-29/h1-13,26,29H,14H2,(H,24,27)(H,25,28)/b23-13+. The highest BCUT2D eigenvalue weighted by atomic mass is 16.5. The van der Waals surface area contributed by atoms with E-state index in [0.717, 1.165) is 5.56 Å². The summed E-state index contributed by atoms with van der Waals surface area (Å²) in [5.41, 5.74) is 5.51. The second kappa shape index (κ2) is 9.85. The Morgan fingerprint density at radius 2 is 1.67 bits per heavy atom. The van der Waals surface area contributed by atoms with Gasteiger partial charge in [0, 0.05) is 22.8 Å². The number of carbonyl (C=O) groups excluding carboxylic acids is 2. The lowest BCUT2D eigenvalue weighted by Gasteiger charge is -2.08. The molecule has 0 unspecified atom stereocenters. The van der Waals surface area contributed by atoms with Crippen molar-refractivity contribution >= 4 is 18.0 Å². The van der Waals surface area contributed by atoms with Crippen molar-refractivity contribution in [2.45, 2.75) is 6.61 Å². The molecule has 0 spiro atoms. The van der Waals surface area contributed by atoms with E-state index in [2.05, 4.69) is 10.5 Å². The molecule has 0 atom stereocenters. The van der Waals surface area contributed by atoms with Crippen molar-refractivity contribution in [2.75, 3.05) is 0 Å². The smallest absolute Gasteiger partial charge is 0.274 e. The fraction of sp³-hybridized carbons (Fsp3) is 0.0455. The van der Waals surface area contributed by atoms with Crippen molar-refractivity contribution in [1.29, 1.82) is 0 Å². The number of phenolic OH excluding ortho intramolecular Hbond substituents is 1. The van der Waals surface area contributed by atoms with Crippen LogP contribution in [0.25, 0.3) is 0 Å². The van der Waals surface area contributed by atoms with Gasteiger partial charge in [0.2, 0.25) is 0 Å². The number of ether oxygens (including phenoxy) is 1. The van der Waals surface area contributed by atoms with Crippen LogP contribution in [-0.4, -0.2) is 28.3 Å². The van der Waals surface area contributed by atoms with Crippen LogP contribution in [0.3, 0.4) is 0 Å². The van der Waals surface area contributed by atoms with Crippen molar-refractivity contribution in [3.8, 4) is 11.5 Å². The van der Waals surface area contributed by atoms with Gasteiger partial charge in [0.05, 0.1) is 6.21 Å². The van der Waals surface area contributed by atoms with Crippen LogP contribution >= 0.6 is 0 Å². The molecular weight excluding hydrogens is 386 g/mol. The van der Waals surface area contributed by atoms with E-state index in [1.807, 2.05) is 30.3 Å². The molecule has 3 aromatic carbocycles. The number of benzene rings is 3. The molecule has 8 nitrogen and oxygen atoms in total. The summed E-state index contributed by atoms with van der Waals surface area (Å²) in [6, 6.07) is 20.2. The molecule has 30 heavy (non-hydrogen) atoms. The number of aromatic hydroxyl groups is 1. The lowest BCUT2D eigenvalue weighted by Crippen LogP contribution is -2.21. The number of rotatable bonds is 7. The van der Waals surface area contributed by atoms with E-state index in [9.17, 15) is 14.7 Å². The monoisotopic (exact) mass is 405 g/mol. The zero-order chi connectivity index (χ0) is 21.3. The Balaban J connectivity index is 1.59. The minimum Gasteiger partial charge on any atom is -0.507 e. The highest BCUT2D eigenvalue weighted by Crippen LogP contribution is 2.23. The van der Waals surface area contributed by atoms with Gasteiger partial charge in [-0.15, -0.1) is 0 Å². The Hall–Kier alpha value is -4.17. The maximum Gasteiger partial charge on any atom is 0.274 e. The number of hydrazone groups is 1. The van der Waals surface area contributed by atoms with Crippen LogP contribution < -0.4 is 15.6 Å². The van der Waals surface area contributed by atoms with Crippen molar-refractivity contribution in [1.82, 2.24) is 10.9 Å². The number of carbonyl (C=O) groups is 2. The molecule has 3 rings (SSSR count). The van der Waals surface area contributed by atoms with Gasteiger partial charge in [-0.25, -0.2) is 10.9 Å². The molecule has 152 valence electrons. The van der Waals surface area contributed by atoms with Crippen LogP contribution in [0.1, 0.15) is 31.8 Å². The van der Waals surface area contributed by atoms with E-state index in [1.165, 1.54) is 42.0 Å². The van der Waals surface area contributed by atoms with Crippen molar-refractivity contribution in [2.24, 2.45) is 5.10 Å². The molecular formula is C22H19N3O5. The Labute approximate surface area is 172 Å². The lowest BCUT2D eigenvalue weighted by molar-refractivity contribution is 0.0706. The van der Waals surface area contributed by atoms with E-state index >= 15 is 0 Å². The van der Waals surface area contributed by atoms with Crippen LogP contribution in [-0.2, 0) is 6.61 Å². The normalized spacial score (nSPS) is 10.6. The summed E-state index contributed by atoms with van der Waals surface area (Å²) in [7, 11) is 0. The quantitative estimate of drug-likeness (QED) is 0.274. The summed E-state index contributed by atoms with van der Waals surface area (Å²) in [6.07, 6.45) is 1.29. The molecule has 2 amide bonds. The van der Waals surface area contributed by atoms with E-state index in [4.69, 9.17) is 9.94 Å². The summed E-state index contributed by atoms with van der Waals surface area (Å²) >= 11 is 0. The van der Waals surface area contributed by atoms with Crippen LogP contribution in [0.15, 0.2) is 77.9 Å².